The zero-order valence-corrected chi connectivity index (χ0v) is 12.7. The number of nitro groups is 1. The number of rotatable bonds is 7. The Morgan fingerprint density at radius 3 is 2.74 bits per heavy atom. The molecule has 0 N–H and O–H groups in total. The summed E-state index contributed by atoms with van der Waals surface area (Å²) in [7, 11) is 0. The molecule has 0 aromatic heterocycles. The van der Waals surface area contributed by atoms with Gasteiger partial charge in [-0.3, -0.25) is 10.1 Å². The Balaban J connectivity index is 2.81. The van der Waals surface area contributed by atoms with Crippen molar-refractivity contribution in [3.63, 3.8) is 0 Å². The van der Waals surface area contributed by atoms with Crippen LogP contribution in [0.2, 0.25) is 0 Å². The Hall–Kier alpha value is -1.11. The van der Waals surface area contributed by atoms with Gasteiger partial charge in [-0.25, -0.2) is 0 Å². The number of nitro benzene ring substituents is 1. The van der Waals surface area contributed by atoms with Crippen LogP contribution in [0, 0.1) is 25.0 Å². The minimum absolute atomic E-state index is 0.152. The number of halogens is 2. The molecule has 0 radical (unpaired) electrons. The SMILES string of the molecule is N#Cc1cc(I)c(OCCOCCCl)c([N+](=O)[O-])c1. The fraction of sp³-hybridized carbons (Fsp3) is 0.364. The van der Waals surface area contributed by atoms with Gasteiger partial charge in [0.1, 0.15) is 6.61 Å². The number of ether oxygens (including phenoxy) is 2. The van der Waals surface area contributed by atoms with Gasteiger partial charge in [0.15, 0.2) is 0 Å². The second-order valence-corrected chi connectivity index (χ2v) is 4.87. The predicted octanol–water partition coefficient (Wildman–Crippen LogP) is 2.71. The summed E-state index contributed by atoms with van der Waals surface area (Å²) in [4.78, 5) is 10.4. The summed E-state index contributed by atoms with van der Waals surface area (Å²) in [6, 6.07) is 4.59. The van der Waals surface area contributed by atoms with E-state index in [0.29, 0.717) is 22.7 Å². The molecule has 1 aromatic carbocycles. The van der Waals surface area contributed by atoms with Gasteiger partial charge >= 0.3 is 5.69 Å². The van der Waals surface area contributed by atoms with Crippen molar-refractivity contribution in [3.05, 3.63) is 31.4 Å². The van der Waals surface area contributed by atoms with Crippen molar-refractivity contribution < 1.29 is 14.4 Å². The molecule has 0 heterocycles. The molecule has 0 saturated heterocycles. The second kappa shape index (κ2) is 8.14. The van der Waals surface area contributed by atoms with E-state index < -0.39 is 4.92 Å². The monoisotopic (exact) mass is 396 g/mol. The van der Waals surface area contributed by atoms with E-state index in [1.807, 2.05) is 28.7 Å². The molecule has 0 amide bonds. The van der Waals surface area contributed by atoms with Crippen LogP contribution in [0.4, 0.5) is 5.69 Å². The van der Waals surface area contributed by atoms with E-state index in [4.69, 9.17) is 26.3 Å². The summed E-state index contributed by atoms with van der Waals surface area (Å²) < 4.78 is 11.0. The number of nitriles is 1. The van der Waals surface area contributed by atoms with Crippen molar-refractivity contribution in [1.29, 1.82) is 5.26 Å². The zero-order chi connectivity index (χ0) is 14.3. The maximum absolute atomic E-state index is 10.9. The average Bonchev–Trinajstić information content (AvgIpc) is 2.39. The third-order valence-electron chi connectivity index (χ3n) is 2.05. The van der Waals surface area contributed by atoms with Crippen LogP contribution in [-0.2, 0) is 4.74 Å². The van der Waals surface area contributed by atoms with Gasteiger partial charge in [0.2, 0.25) is 5.75 Å². The molecule has 1 aromatic rings. The number of hydrogen-bond donors (Lipinski definition) is 0. The van der Waals surface area contributed by atoms with Crippen LogP contribution in [0.15, 0.2) is 12.1 Å². The molecule has 0 saturated carbocycles. The molecule has 0 atom stereocenters. The molecular formula is C11H10ClIN2O4. The lowest BCUT2D eigenvalue weighted by atomic mass is 10.2. The number of alkyl halides is 1. The highest BCUT2D eigenvalue weighted by molar-refractivity contribution is 14.1. The minimum atomic E-state index is -0.571. The molecule has 0 aliphatic rings. The van der Waals surface area contributed by atoms with Gasteiger partial charge in [-0.2, -0.15) is 5.26 Å². The van der Waals surface area contributed by atoms with Gasteiger partial charge < -0.3 is 9.47 Å². The van der Waals surface area contributed by atoms with E-state index in [2.05, 4.69) is 0 Å². The maximum atomic E-state index is 10.9. The van der Waals surface area contributed by atoms with Gasteiger partial charge in [0.05, 0.1) is 33.3 Å². The fourth-order valence-electron chi connectivity index (χ4n) is 1.28. The van der Waals surface area contributed by atoms with Crippen LogP contribution in [-0.4, -0.2) is 30.6 Å². The largest absolute Gasteiger partial charge is 0.484 e. The lowest BCUT2D eigenvalue weighted by molar-refractivity contribution is -0.386. The number of nitrogens with zero attached hydrogens (tertiary/aromatic N) is 2. The highest BCUT2D eigenvalue weighted by Gasteiger charge is 2.20. The van der Waals surface area contributed by atoms with Crippen molar-refractivity contribution in [3.8, 4) is 11.8 Å². The van der Waals surface area contributed by atoms with Crippen molar-refractivity contribution in [1.82, 2.24) is 0 Å². The first-order chi connectivity index (χ1) is 9.10. The zero-order valence-electron chi connectivity index (χ0n) is 9.77. The Bertz CT molecular complexity index is 504. The first-order valence-electron chi connectivity index (χ1n) is 5.24. The van der Waals surface area contributed by atoms with Crippen molar-refractivity contribution in [2.24, 2.45) is 0 Å². The minimum Gasteiger partial charge on any atom is -0.484 e. The quantitative estimate of drug-likeness (QED) is 0.233. The Kier molecular flexibility index (Phi) is 6.83. The lowest BCUT2D eigenvalue weighted by Crippen LogP contribution is -2.10. The summed E-state index contributed by atoms with van der Waals surface area (Å²) in [5, 5.41) is 19.7. The van der Waals surface area contributed by atoms with Crippen LogP contribution in [0.1, 0.15) is 5.56 Å². The van der Waals surface area contributed by atoms with Crippen LogP contribution in [0.3, 0.4) is 0 Å². The van der Waals surface area contributed by atoms with Crippen LogP contribution in [0.5, 0.6) is 5.75 Å². The molecule has 102 valence electrons. The van der Waals surface area contributed by atoms with Gasteiger partial charge in [-0.15, -0.1) is 11.6 Å². The van der Waals surface area contributed by atoms with Crippen LogP contribution < -0.4 is 4.74 Å². The molecule has 0 aliphatic heterocycles. The second-order valence-electron chi connectivity index (χ2n) is 3.33. The Morgan fingerprint density at radius 1 is 1.42 bits per heavy atom. The summed E-state index contributed by atoms with van der Waals surface area (Å²) in [6.45, 7) is 0.872. The third-order valence-corrected chi connectivity index (χ3v) is 3.00. The summed E-state index contributed by atoms with van der Waals surface area (Å²) in [5.74, 6) is 0.535. The van der Waals surface area contributed by atoms with Crippen LogP contribution >= 0.6 is 34.2 Å². The first kappa shape index (κ1) is 15.9. The van der Waals surface area contributed by atoms with E-state index in [-0.39, 0.29) is 23.6 Å². The highest BCUT2D eigenvalue weighted by Crippen LogP contribution is 2.33. The molecule has 8 heteroatoms. The number of hydrogen-bond acceptors (Lipinski definition) is 5. The predicted molar refractivity (Wildman–Crippen MR) is 77.6 cm³/mol. The van der Waals surface area contributed by atoms with Crippen LogP contribution in [0.25, 0.3) is 0 Å². The molecule has 6 nitrogen and oxygen atoms in total. The first-order valence-corrected chi connectivity index (χ1v) is 6.86. The van der Waals surface area contributed by atoms with E-state index in [0.717, 1.165) is 0 Å². The molecule has 0 fully saturated rings. The molecule has 0 spiro atoms. The van der Waals surface area contributed by atoms with Gasteiger partial charge in [-0.1, -0.05) is 0 Å². The van der Waals surface area contributed by atoms with Gasteiger partial charge in [0, 0.05) is 11.9 Å². The highest BCUT2D eigenvalue weighted by atomic mass is 127. The van der Waals surface area contributed by atoms with E-state index in [1.165, 1.54) is 12.1 Å². The normalized spacial score (nSPS) is 9.95. The van der Waals surface area contributed by atoms with E-state index >= 15 is 0 Å². The van der Waals surface area contributed by atoms with Gasteiger partial charge in [-0.05, 0) is 28.7 Å². The molecule has 0 unspecified atom stereocenters. The summed E-state index contributed by atoms with van der Waals surface area (Å²) in [5.41, 5.74) is 0.00244. The fourth-order valence-corrected chi connectivity index (χ4v) is 2.16. The van der Waals surface area contributed by atoms with Crippen molar-refractivity contribution >= 4 is 39.9 Å². The topological polar surface area (TPSA) is 85.4 Å². The van der Waals surface area contributed by atoms with E-state index in [9.17, 15) is 10.1 Å². The third kappa shape index (κ3) is 4.81. The standard InChI is InChI=1S/C11H10ClIN2O4/c12-1-2-18-3-4-19-11-9(13)5-8(7-14)6-10(11)15(16)17/h5-6H,1-4H2. The molecule has 0 bridgehead atoms. The molecule has 0 aliphatic carbocycles. The average molecular weight is 397 g/mol. The Morgan fingerprint density at radius 2 is 2.16 bits per heavy atom. The van der Waals surface area contributed by atoms with Crippen molar-refractivity contribution in [2.75, 3.05) is 25.7 Å². The molecular weight excluding hydrogens is 386 g/mol. The smallest absolute Gasteiger partial charge is 0.313 e. The maximum Gasteiger partial charge on any atom is 0.313 e. The lowest BCUT2D eigenvalue weighted by Gasteiger charge is -2.09. The Labute approximate surface area is 128 Å². The van der Waals surface area contributed by atoms with Crippen molar-refractivity contribution in [2.45, 2.75) is 0 Å². The van der Waals surface area contributed by atoms with E-state index in [1.54, 1.807) is 0 Å². The summed E-state index contributed by atoms with van der Waals surface area (Å²) >= 11 is 7.33. The molecule has 19 heavy (non-hydrogen) atoms. The van der Waals surface area contributed by atoms with Gasteiger partial charge in [0.25, 0.3) is 0 Å². The summed E-state index contributed by atoms with van der Waals surface area (Å²) in [6.07, 6.45) is 0. The molecule has 1 rings (SSSR count). The number of benzene rings is 1.